The van der Waals surface area contributed by atoms with Crippen LogP contribution in [0.4, 0.5) is 0 Å². The number of hydrogen-bond donors (Lipinski definition) is 1. The van der Waals surface area contributed by atoms with E-state index in [1.807, 2.05) is 20.8 Å². The first kappa shape index (κ1) is 14.2. The van der Waals surface area contributed by atoms with Crippen LogP contribution in [0.5, 0.6) is 0 Å². The van der Waals surface area contributed by atoms with Gasteiger partial charge in [0.15, 0.2) is 9.84 Å². The van der Waals surface area contributed by atoms with Crippen LogP contribution in [-0.2, 0) is 9.84 Å². The molecule has 1 unspecified atom stereocenters. The Morgan fingerprint density at radius 1 is 1.29 bits per heavy atom. The molecule has 1 N–H and O–H groups in total. The first-order valence-electron chi connectivity index (χ1n) is 5.32. The largest absolute Gasteiger partial charge is 0.349 e. The molecule has 0 saturated carbocycles. The zero-order valence-electron chi connectivity index (χ0n) is 10.4. The van der Waals surface area contributed by atoms with Crippen molar-refractivity contribution in [2.75, 3.05) is 6.26 Å². The molecule has 1 aromatic heterocycles. The van der Waals surface area contributed by atoms with Crippen molar-refractivity contribution in [1.29, 1.82) is 0 Å². The summed E-state index contributed by atoms with van der Waals surface area (Å²) in [7, 11) is -3.22. The van der Waals surface area contributed by atoms with Gasteiger partial charge in [-0.05, 0) is 25.0 Å². The zero-order valence-corrected chi connectivity index (χ0v) is 12.0. The average molecular weight is 275 g/mol. The van der Waals surface area contributed by atoms with Crippen molar-refractivity contribution in [3.05, 3.63) is 17.0 Å². The lowest BCUT2D eigenvalue weighted by atomic mass is 10.1. The van der Waals surface area contributed by atoms with Gasteiger partial charge in [0.2, 0.25) is 0 Å². The minimum absolute atomic E-state index is 0.0614. The molecule has 0 aliphatic heterocycles. The fourth-order valence-corrected chi connectivity index (χ4v) is 2.92. The fraction of sp³-hybridized carbons (Fsp3) is 0.545. The highest BCUT2D eigenvalue weighted by Crippen LogP contribution is 2.21. The van der Waals surface area contributed by atoms with Crippen LogP contribution < -0.4 is 5.32 Å². The lowest BCUT2D eigenvalue weighted by Gasteiger charge is -2.16. The van der Waals surface area contributed by atoms with Crippen LogP contribution in [0.15, 0.2) is 16.3 Å². The molecule has 17 heavy (non-hydrogen) atoms. The van der Waals surface area contributed by atoms with Gasteiger partial charge in [-0.25, -0.2) is 8.42 Å². The molecule has 1 aromatic rings. The molecule has 1 rings (SSSR count). The second-order valence-corrected chi connectivity index (χ2v) is 7.72. The number of hydrogen-bond acceptors (Lipinski definition) is 4. The molecule has 0 fully saturated rings. The Kier molecular flexibility index (Phi) is 4.32. The first-order chi connectivity index (χ1) is 7.71. The number of sulfone groups is 1. The lowest BCUT2D eigenvalue weighted by Crippen LogP contribution is -2.35. The summed E-state index contributed by atoms with van der Waals surface area (Å²) < 4.78 is 22.8. The SMILES string of the molecule is CC(C)C(C)NC(=O)c1ccc(S(C)(=O)=O)s1. The molecule has 0 aliphatic rings. The van der Waals surface area contributed by atoms with Crippen LogP contribution in [0.1, 0.15) is 30.4 Å². The predicted molar refractivity (Wildman–Crippen MR) is 69.2 cm³/mol. The Balaban J connectivity index is 2.81. The first-order valence-corrected chi connectivity index (χ1v) is 8.03. The summed E-state index contributed by atoms with van der Waals surface area (Å²) in [6.45, 7) is 5.95. The molecule has 0 bridgehead atoms. The van der Waals surface area contributed by atoms with Gasteiger partial charge in [-0.1, -0.05) is 13.8 Å². The van der Waals surface area contributed by atoms with Gasteiger partial charge in [-0.3, -0.25) is 4.79 Å². The minimum Gasteiger partial charge on any atom is -0.349 e. The number of nitrogens with one attached hydrogen (secondary N) is 1. The summed E-state index contributed by atoms with van der Waals surface area (Å²) in [5.74, 6) is 0.124. The normalized spacial score (nSPS) is 13.7. The fourth-order valence-electron chi connectivity index (χ4n) is 1.09. The monoisotopic (exact) mass is 275 g/mol. The third kappa shape index (κ3) is 3.81. The molecule has 4 nitrogen and oxygen atoms in total. The maximum atomic E-state index is 11.8. The summed E-state index contributed by atoms with van der Waals surface area (Å²) in [6.07, 6.45) is 1.14. The topological polar surface area (TPSA) is 63.2 Å². The zero-order chi connectivity index (χ0) is 13.2. The number of carbonyl (C=O) groups is 1. The summed E-state index contributed by atoms with van der Waals surface area (Å²) in [5, 5.41) is 2.84. The van der Waals surface area contributed by atoms with E-state index >= 15 is 0 Å². The molecule has 6 heteroatoms. The van der Waals surface area contributed by atoms with Crippen LogP contribution in [0, 0.1) is 5.92 Å². The summed E-state index contributed by atoms with van der Waals surface area (Å²) in [6, 6.07) is 3.07. The molecule has 1 atom stereocenters. The quantitative estimate of drug-likeness (QED) is 0.913. The minimum atomic E-state index is -3.22. The summed E-state index contributed by atoms with van der Waals surface area (Å²) >= 11 is 1.00. The van der Waals surface area contributed by atoms with Gasteiger partial charge < -0.3 is 5.32 Å². The number of rotatable bonds is 4. The van der Waals surface area contributed by atoms with Gasteiger partial charge in [0.1, 0.15) is 4.21 Å². The van der Waals surface area contributed by atoms with Gasteiger partial charge in [0.05, 0.1) is 4.88 Å². The standard InChI is InChI=1S/C11H17NO3S2/c1-7(2)8(3)12-11(13)9-5-6-10(16-9)17(4,14)15/h5-8H,1-4H3,(H,12,13). The molecule has 0 aromatic carbocycles. The van der Waals surface area contributed by atoms with E-state index in [4.69, 9.17) is 0 Å². The van der Waals surface area contributed by atoms with Crippen LogP contribution in [0.25, 0.3) is 0 Å². The van der Waals surface area contributed by atoms with Crippen molar-refractivity contribution < 1.29 is 13.2 Å². The van der Waals surface area contributed by atoms with Gasteiger partial charge in [0.25, 0.3) is 5.91 Å². The Morgan fingerprint density at radius 3 is 2.29 bits per heavy atom. The molecule has 0 radical (unpaired) electrons. The molecule has 0 spiro atoms. The van der Waals surface area contributed by atoms with Crippen LogP contribution >= 0.6 is 11.3 Å². The number of thiophene rings is 1. The van der Waals surface area contributed by atoms with Crippen molar-refractivity contribution in [2.45, 2.75) is 31.0 Å². The Labute approximate surface area is 106 Å². The predicted octanol–water partition coefficient (Wildman–Crippen LogP) is 1.93. The van der Waals surface area contributed by atoms with E-state index in [0.29, 0.717) is 10.8 Å². The molecular weight excluding hydrogens is 258 g/mol. The van der Waals surface area contributed by atoms with E-state index in [0.717, 1.165) is 17.6 Å². The van der Waals surface area contributed by atoms with Crippen molar-refractivity contribution >= 4 is 27.1 Å². The van der Waals surface area contributed by atoms with E-state index < -0.39 is 9.84 Å². The third-order valence-electron chi connectivity index (χ3n) is 2.53. The summed E-state index contributed by atoms with van der Waals surface area (Å²) in [5.41, 5.74) is 0. The van der Waals surface area contributed by atoms with Crippen molar-refractivity contribution in [1.82, 2.24) is 5.32 Å². The molecule has 0 aliphatic carbocycles. The maximum absolute atomic E-state index is 11.8. The van der Waals surface area contributed by atoms with Gasteiger partial charge in [-0.2, -0.15) is 0 Å². The Hall–Kier alpha value is -0.880. The number of carbonyl (C=O) groups excluding carboxylic acids is 1. The van der Waals surface area contributed by atoms with E-state index in [1.165, 1.54) is 6.07 Å². The number of amides is 1. The maximum Gasteiger partial charge on any atom is 0.261 e. The van der Waals surface area contributed by atoms with Gasteiger partial charge >= 0.3 is 0 Å². The highest BCUT2D eigenvalue weighted by molar-refractivity contribution is 7.92. The average Bonchev–Trinajstić information content (AvgIpc) is 2.65. The summed E-state index contributed by atoms with van der Waals surface area (Å²) in [4.78, 5) is 12.2. The highest BCUT2D eigenvalue weighted by Gasteiger charge is 2.17. The molecule has 0 saturated heterocycles. The van der Waals surface area contributed by atoms with E-state index in [2.05, 4.69) is 5.32 Å². The second kappa shape index (κ2) is 5.18. The van der Waals surface area contributed by atoms with E-state index in [-0.39, 0.29) is 16.2 Å². The van der Waals surface area contributed by atoms with Crippen LogP contribution in [0.3, 0.4) is 0 Å². The smallest absolute Gasteiger partial charge is 0.261 e. The molecular formula is C11H17NO3S2. The van der Waals surface area contributed by atoms with Crippen LogP contribution in [-0.4, -0.2) is 26.6 Å². The van der Waals surface area contributed by atoms with Gasteiger partial charge in [0, 0.05) is 12.3 Å². The van der Waals surface area contributed by atoms with Crippen molar-refractivity contribution in [3.8, 4) is 0 Å². The van der Waals surface area contributed by atoms with E-state index in [9.17, 15) is 13.2 Å². The molecule has 1 heterocycles. The van der Waals surface area contributed by atoms with Crippen molar-refractivity contribution in [2.24, 2.45) is 5.92 Å². The van der Waals surface area contributed by atoms with Gasteiger partial charge in [-0.15, -0.1) is 11.3 Å². The van der Waals surface area contributed by atoms with E-state index in [1.54, 1.807) is 6.07 Å². The highest BCUT2D eigenvalue weighted by atomic mass is 32.2. The van der Waals surface area contributed by atoms with Crippen LogP contribution in [0.2, 0.25) is 0 Å². The van der Waals surface area contributed by atoms with Crippen molar-refractivity contribution in [3.63, 3.8) is 0 Å². The lowest BCUT2D eigenvalue weighted by molar-refractivity contribution is 0.0934. The Bertz CT molecular complexity index is 503. The second-order valence-electron chi connectivity index (χ2n) is 4.40. The Morgan fingerprint density at radius 2 is 1.88 bits per heavy atom. The molecule has 96 valence electrons. The third-order valence-corrected chi connectivity index (χ3v) is 5.43. The molecule has 1 amide bonds.